The van der Waals surface area contributed by atoms with Crippen molar-refractivity contribution in [2.45, 2.75) is 19.6 Å². The summed E-state index contributed by atoms with van der Waals surface area (Å²) >= 11 is 0. The molecule has 0 saturated carbocycles. The Hall–Kier alpha value is -1.71. The standard InChI is InChI=1S/C10H11N3O/c1-10(2)13-12-9(14-10)11-8-6-4-3-5-7-8/h3-7H,1-2H3. The van der Waals surface area contributed by atoms with E-state index in [1.807, 2.05) is 44.2 Å². The summed E-state index contributed by atoms with van der Waals surface area (Å²) in [6.45, 7) is 3.67. The molecule has 1 heterocycles. The summed E-state index contributed by atoms with van der Waals surface area (Å²) in [5, 5.41) is 7.75. The Balaban J connectivity index is 2.19. The average Bonchev–Trinajstić information content (AvgIpc) is 2.47. The van der Waals surface area contributed by atoms with Gasteiger partial charge in [-0.25, -0.2) is 0 Å². The van der Waals surface area contributed by atoms with Crippen molar-refractivity contribution in [3.63, 3.8) is 0 Å². The van der Waals surface area contributed by atoms with Crippen LogP contribution in [0.25, 0.3) is 0 Å². The Bertz CT molecular complexity index is 382. The minimum Gasteiger partial charge on any atom is -0.433 e. The highest BCUT2D eigenvalue weighted by Gasteiger charge is 2.26. The number of para-hydroxylation sites is 1. The van der Waals surface area contributed by atoms with Gasteiger partial charge in [-0.05, 0) is 26.0 Å². The van der Waals surface area contributed by atoms with Crippen LogP contribution in [0.2, 0.25) is 0 Å². The Kier molecular flexibility index (Phi) is 2.04. The number of hydrogen-bond donors (Lipinski definition) is 0. The molecule has 0 bridgehead atoms. The third-order valence-electron chi connectivity index (χ3n) is 1.70. The lowest BCUT2D eigenvalue weighted by molar-refractivity contribution is 0.123. The van der Waals surface area contributed by atoms with Crippen molar-refractivity contribution in [2.75, 3.05) is 0 Å². The monoisotopic (exact) mass is 189 g/mol. The number of rotatable bonds is 1. The van der Waals surface area contributed by atoms with E-state index in [0.29, 0.717) is 6.02 Å². The summed E-state index contributed by atoms with van der Waals surface area (Å²) in [4.78, 5) is 4.19. The van der Waals surface area contributed by atoms with Gasteiger partial charge in [0.05, 0.1) is 5.69 Å². The van der Waals surface area contributed by atoms with Crippen molar-refractivity contribution >= 4 is 11.7 Å². The minimum atomic E-state index is -0.576. The number of nitrogens with zero attached hydrogens (tertiary/aromatic N) is 3. The maximum absolute atomic E-state index is 5.37. The van der Waals surface area contributed by atoms with Crippen LogP contribution in [0, 0.1) is 0 Å². The van der Waals surface area contributed by atoms with Gasteiger partial charge in [0.1, 0.15) is 0 Å². The summed E-state index contributed by atoms with van der Waals surface area (Å²) in [5.41, 5.74) is 0.243. The number of benzene rings is 1. The lowest BCUT2D eigenvalue weighted by Gasteiger charge is -2.10. The SMILES string of the molecule is CC1(C)N=NC(=Nc2ccccc2)O1. The first-order chi connectivity index (χ1) is 6.66. The molecular formula is C10H11N3O. The van der Waals surface area contributed by atoms with E-state index in [9.17, 15) is 0 Å². The minimum absolute atomic E-state index is 0.321. The van der Waals surface area contributed by atoms with E-state index >= 15 is 0 Å². The van der Waals surface area contributed by atoms with Crippen molar-refractivity contribution in [3.05, 3.63) is 30.3 Å². The summed E-state index contributed by atoms with van der Waals surface area (Å²) < 4.78 is 5.37. The molecule has 1 aliphatic rings. The first-order valence-corrected chi connectivity index (χ1v) is 4.41. The second kappa shape index (κ2) is 3.21. The van der Waals surface area contributed by atoms with E-state index < -0.39 is 5.72 Å². The molecule has 0 radical (unpaired) electrons. The molecule has 0 saturated heterocycles. The zero-order valence-electron chi connectivity index (χ0n) is 8.14. The van der Waals surface area contributed by atoms with Crippen LogP contribution in [0.4, 0.5) is 5.69 Å². The fourth-order valence-electron chi connectivity index (χ4n) is 1.09. The molecule has 1 aliphatic heterocycles. The topological polar surface area (TPSA) is 46.3 Å². The number of amidine groups is 1. The van der Waals surface area contributed by atoms with E-state index in [1.54, 1.807) is 0 Å². The molecule has 2 rings (SSSR count). The predicted molar refractivity (Wildman–Crippen MR) is 53.6 cm³/mol. The first-order valence-electron chi connectivity index (χ1n) is 4.41. The van der Waals surface area contributed by atoms with Crippen molar-refractivity contribution < 1.29 is 4.74 Å². The van der Waals surface area contributed by atoms with Gasteiger partial charge < -0.3 is 4.74 Å². The summed E-state index contributed by atoms with van der Waals surface area (Å²) in [6.07, 6.45) is 0. The molecule has 1 aromatic carbocycles. The zero-order valence-corrected chi connectivity index (χ0v) is 8.14. The summed E-state index contributed by atoms with van der Waals surface area (Å²) in [5.74, 6) is 0. The fourth-order valence-corrected chi connectivity index (χ4v) is 1.09. The Morgan fingerprint density at radius 3 is 2.50 bits per heavy atom. The van der Waals surface area contributed by atoms with Crippen LogP contribution in [-0.2, 0) is 4.74 Å². The highest BCUT2D eigenvalue weighted by molar-refractivity contribution is 5.78. The average molecular weight is 189 g/mol. The van der Waals surface area contributed by atoms with Crippen LogP contribution in [0.5, 0.6) is 0 Å². The highest BCUT2D eigenvalue weighted by Crippen LogP contribution is 2.21. The van der Waals surface area contributed by atoms with Gasteiger partial charge in [0, 0.05) is 0 Å². The van der Waals surface area contributed by atoms with Crippen LogP contribution < -0.4 is 0 Å². The van der Waals surface area contributed by atoms with E-state index in [1.165, 1.54) is 0 Å². The highest BCUT2D eigenvalue weighted by atomic mass is 16.5. The van der Waals surface area contributed by atoms with Crippen molar-refractivity contribution in [3.8, 4) is 0 Å². The van der Waals surface area contributed by atoms with Crippen LogP contribution >= 0.6 is 0 Å². The van der Waals surface area contributed by atoms with Gasteiger partial charge in [0.25, 0.3) is 0 Å². The molecule has 4 nitrogen and oxygen atoms in total. The van der Waals surface area contributed by atoms with Gasteiger partial charge in [0.2, 0.25) is 5.72 Å². The molecule has 72 valence electrons. The summed E-state index contributed by atoms with van der Waals surface area (Å²) in [6, 6.07) is 9.85. The van der Waals surface area contributed by atoms with E-state index in [4.69, 9.17) is 4.74 Å². The molecule has 0 unspecified atom stereocenters. The van der Waals surface area contributed by atoms with Crippen molar-refractivity contribution in [1.82, 2.24) is 0 Å². The van der Waals surface area contributed by atoms with Crippen molar-refractivity contribution in [2.24, 2.45) is 15.2 Å². The molecule has 0 spiro atoms. The van der Waals surface area contributed by atoms with E-state index in [2.05, 4.69) is 15.2 Å². The molecule has 4 heteroatoms. The molecule has 14 heavy (non-hydrogen) atoms. The zero-order chi connectivity index (χ0) is 10.0. The predicted octanol–water partition coefficient (Wildman–Crippen LogP) is 2.89. The Morgan fingerprint density at radius 2 is 1.93 bits per heavy atom. The second-order valence-electron chi connectivity index (χ2n) is 3.48. The lowest BCUT2D eigenvalue weighted by Crippen LogP contribution is -2.17. The molecular weight excluding hydrogens is 178 g/mol. The fraction of sp³-hybridized carbons (Fsp3) is 0.300. The number of hydrogen-bond acceptors (Lipinski definition) is 3. The molecule has 0 aromatic heterocycles. The molecule has 0 aliphatic carbocycles. The quantitative estimate of drug-likeness (QED) is 0.670. The molecule has 0 atom stereocenters. The van der Waals surface area contributed by atoms with Gasteiger partial charge in [0.15, 0.2) is 0 Å². The third kappa shape index (κ3) is 1.96. The molecule has 0 amide bonds. The lowest BCUT2D eigenvalue weighted by atomic mass is 10.3. The van der Waals surface area contributed by atoms with Crippen LogP contribution in [-0.4, -0.2) is 11.7 Å². The maximum Gasteiger partial charge on any atom is 0.338 e. The van der Waals surface area contributed by atoms with Gasteiger partial charge >= 0.3 is 6.02 Å². The molecule has 1 aromatic rings. The van der Waals surface area contributed by atoms with E-state index in [-0.39, 0.29) is 0 Å². The maximum atomic E-state index is 5.37. The number of aliphatic imine (C=N–C) groups is 1. The largest absolute Gasteiger partial charge is 0.433 e. The smallest absolute Gasteiger partial charge is 0.338 e. The van der Waals surface area contributed by atoms with Crippen LogP contribution in [0.1, 0.15) is 13.8 Å². The number of ether oxygens (including phenoxy) is 1. The van der Waals surface area contributed by atoms with Gasteiger partial charge in [-0.2, -0.15) is 4.99 Å². The second-order valence-corrected chi connectivity index (χ2v) is 3.48. The number of azo groups is 1. The van der Waals surface area contributed by atoms with E-state index in [0.717, 1.165) is 5.69 Å². The third-order valence-corrected chi connectivity index (χ3v) is 1.70. The summed E-state index contributed by atoms with van der Waals surface area (Å²) in [7, 11) is 0. The van der Waals surface area contributed by atoms with Crippen LogP contribution in [0.3, 0.4) is 0 Å². The van der Waals surface area contributed by atoms with Gasteiger partial charge in [-0.15, -0.1) is 5.11 Å². The Labute approximate surface area is 82.3 Å². The molecule has 0 N–H and O–H groups in total. The van der Waals surface area contributed by atoms with Gasteiger partial charge in [-0.3, -0.25) is 0 Å². The first kappa shape index (κ1) is 8.87. The van der Waals surface area contributed by atoms with Crippen LogP contribution in [0.15, 0.2) is 45.6 Å². The molecule has 0 fully saturated rings. The van der Waals surface area contributed by atoms with Crippen molar-refractivity contribution in [1.29, 1.82) is 0 Å². The normalized spacial score (nSPS) is 21.1. The Morgan fingerprint density at radius 1 is 1.21 bits per heavy atom. The van der Waals surface area contributed by atoms with Gasteiger partial charge in [-0.1, -0.05) is 23.3 Å².